The van der Waals surface area contributed by atoms with E-state index in [4.69, 9.17) is 10.6 Å². The van der Waals surface area contributed by atoms with Crippen molar-refractivity contribution < 1.29 is 9.63 Å². The number of likely N-dealkylation sites (tertiary alicyclic amines) is 1. The minimum absolute atomic E-state index is 0.0519. The molecule has 1 saturated carbocycles. The zero-order valence-corrected chi connectivity index (χ0v) is 10.7. The standard InChI is InChI=1S/C13H21N3O2/c14-13(17)12-10-7-16(8-11(10)18-15-12)6-9-4-2-1-3-5-9/h9-11H,1-8H2,(H2,14,17)/t10-,11+/m0/s1. The molecule has 0 aromatic carbocycles. The maximum atomic E-state index is 11.2. The lowest BCUT2D eigenvalue weighted by atomic mass is 9.89. The topological polar surface area (TPSA) is 67.9 Å². The fourth-order valence-electron chi connectivity index (χ4n) is 3.53. The van der Waals surface area contributed by atoms with Gasteiger partial charge in [-0.1, -0.05) is 24.4 Å². The van der Waals surface area contributed by atoms with E-state index in [0.29, 0.717) is 5.71 Å². The van der Waals surface area contributed by atoms with Crippen molar-refractivity contribution in [2.24, 2.45) is 22.7 Å². The molecular weight excluding hydrogens is 230 g/mol. The summed E-state index contributed by atoms with van der Waals surface area (Å²) >= 11 is 0. The van der Waals surface area contributed by atoms with Crippen molar-refractivity contribution in [3.8, 4) is 0 Å². The number of oxime groups is 1. The van der Waals surface area contributed by atoms with Gasteiger partial charge in [0.1, 0.15) is 6.10 Å². The first-order chi connectivity index (χ1) is 8.74. The van der Waals surface area contributed by atoms with E-state index in [-0.39, 0.29) is 12.0 Å². The Morgan fingerprint density at radius 3 is 2.83 bits per heavy atom. The van der Waals surface area contributed by atoms with Gasteiger partial charge in [0.15, 0.2) is 5.71 Å². The predicted octanol–water partition coefficient (Wildman–Crippen LogP) is 0.739. The van der Waals surface area contributed by atoms with Crippen molar-refractivity contribution in [3.63, 3.8) is 0 Å². The molecule has 2 fully saturated rings. The van der Waals surface area contributed by atoms with Gasteiger partial charge < -0.3 is 10.6 Å². The number of amides is 1. The van der Waals surface area contributed by atoms with Crippen LogP contribution in [0.5, 0.6) is 0 Å². The third-order valence-electron chi connectivity index (χ3n) is 4.47. The monoisotopic (exact) mass is 251 g/mol. The first kappa shape index (κ1) is 12.0. The molecule has 0 bridgehead atoms. The van der Waals surface area contributed by atoms with Gasteiger partial charge >= 0.3 is 0 Å². The van der Waals surface area contributed by atoms with Gasteiger partial charge in [-0.15, -0.1) is 0 Å². The van der Waals surface area contributed by atoms with Gasteiger partial charge in [-0.3, -0.25) is 9.69 Å². The molecule has 0 aromatic rings. The second kappa shape index (κ2) is 4.88. The summed E-state index contributed by atoms with van der Waals surface area (Å²) in [7, 11) is 0. The van der Waals surface area contributed by atoms with E-state index in [1.807, 2.05) is 0 Å². The lowest BCUT2D eigenvalue weighted by Gasteiger charge is -2.26. The summed E-state index contributed by atoms with van der Waals surface area (Å²) in [6.07, 6.45) is 6.89. The Morgan fingerprint density at radius 2 is 2.11 bits per heavy atom. The van der Waals surface area contributed by atoms with Gasteiger partial charge in [-0.25, -0.2) is 0 Å². The highest BCUT2D eigenvalue weighted by molar-refractivity contribution is 6.39. The summed E-state index contributed by atoms with van der Waals surface area (Å²) in [5.41, 5.74) is 5.75. The van der Waals surface area contributed by atoms with Crippen molar-refractivity contribution in [2.75, 3.05) is 19.6 Å². The van der Waals surface area contributed by atoms with Crippen LogP contribution in [0.25, 0.3) is 0 Å². The van der Waals surface area contributed by atoms with Crippen LogP contribution >= 0.6 is 0 Å². The Hall–Kier alpha value is -1.10. The molecule has 0 spiro atoms. The molecule has 3 aliphatic rings. The zero-order chi connectivity index (χ0) is 12.5. The molecule has 2 N–H and O–H groups in total. The number of rotatable bonds is 3. The molecule has 0 aromatic heterocycles. The molecule has 2 atom stereocenters. The summed E-state index contributed by atoms with van der Waals surface area (Å²) in [6.45, 7) is 2.91. The summed E-state index contributed by atoms with van der Waals surface area (Å²) in [5.74, 6) is 0.500. The Kier molecular flexibility index (Phi) is 3.24. The van der Waals surface area contributed by atoms with Crippen LogP contribution in [0.4, 0.5) is 0 Å². The van der Waals surface area contributed by atoms with E-state index >= 15 is 0 Å². The number of fused-ring (bicyclic) bond motifs is 1. The van der Waals surface area contributed by atoms with Gasteiger partial charge in [0, 0.05) is 19.6 Å². The van der Waals surface area contributed by atoms with Crippen molar-refractivity contribution in [2.45, 2.75) is 38.2 Å². The predicted molar refractivity (Wildman–Crippen MR) is 68.0 cm³/mol. The molecule has 0 unspecified atom stereocenters. The third kappa shape index (κ3) is 2.23. The molecule has 5 nitrogen and oxygen atoms in total. The number of hydrogen-bond acceptors (Lipinski definition) is 4. The molecule has 2 aliphatic heterocycles. The number of nitrogens with two attached hydrogens (primary N) is 1. The van der Waals surface area contributed by atoms with Crippen molar-refractivity contribution in [1.29, 1.82) is 0 Å². The van der Waals surface area contributed by atoms with Gasteiger partial charge in [0.25, 0.3) is 5.91 Å². The number of hydrogen-bond donors (Lipinski definition) is 1. The van der Waals surface area contributed by atoms with E-state index in [1.54, 1.807) is 0 Å². The van der Waals surface area contributed by atoms with Gasteiger partial charge in [0.2, 0.25) is 0 Å². The van der Waals surface area contributed by atoms with Crippen LogP contribution in [0, 0.1) is 11.8 Å². The number of primary amides is 1. The second-order valence-corrected chi connectivity index (χ2v) is 5.81. The molecule has 1 saturated heterocycles. The summed E-state index contributed by atoms with van der Waals surface area (Å²) < 4.78 is 0. The molecule has 1 aliphatic carbocycles. The largest absolute Gasteiger partial charge is 0.390 e. The summed E-state index contributed by atoms with van der Waals surface area (Å²) in [4.78, 5) is 19.0. The molecule has 3 rings (SSSR count). The molecule has 0 radical (unpaired) electrons. The van der Waals surface area contributed by atoms with E-state index in [1.165, 1.54) is 32.1 Å². The molecule has 5 heteroatoms. The Morgan fingerprint density at radius 1 is 1.33 bits per heavy atom. The quantitative estimate of drug-likeness (QED) is 0.804. The van der Waals surface area contributed by atoms with Gasteiger partial charge in [-0.2, -0.15) is 0 Å². The highest BCUT2D eigenvalue weighted by Crippen LogP contribution is 2.30. The van der Waals surface area contributed by atoms with E-state index in [0.717, 1.165) is 25.6 Å². The summed E-state index contributed by atoms with van der Waals surface area (Å²) in [6, 6.07) is 0. The SMILES string of the molecule is NC(=O)C1=NO[C@@H]2CN(CC3CCCCC3)C[C@H]12. The highest BCUT2D eigenvalue weighted by atomic mass is 16.6. The smallest absolute Gasteiger partial charge is 0.266 e. The zero-order valence-electron chi connectivity index (χ0n) is 10.7. The lowest BCUT2D eigenvalue weighted by Crippen LogP contribution is -2.33. The number of carbonyl (C=O) groups excluding carboxylic acids is 1. The minimum Gasteiger partial charge on any atom is -0.390 e. The van der Waals surface area contributed by atoms with Gasteiger partial charge in [-0.05, 0) is 18.8 Å². The van der Waals surface area contributed by atoms with Crippen LogP contribution in [-0.2, 0) is 9.63 Å². The van der Waals surface area contributed by atoms with E-state index in [9.17, 15) is 4.79 Å². The van der Waals surface area contributed by atoms with Crippen LogP contribution in [0.2, 0.25) is 0 Å². The van der Waals surface area contributed by atoms with Crippen molar-refractivity contribution in [1.82, 2.24) is 4.90 Å². The van der Waals surface area contributed by atoms with Crippen LogP contribution in [0.1, 0.15) is 32.1 Å². The molecule has 18 heavy (non-hydrogen) atoms. The molecule has 2 heterocycles. The average Bonchev–Trinajstić information content (AvgIpc) is 2.89. The average molecular weight is 251 g/mol. The van der Waals surface area contributed by atoms with Crippen LogP contribution in [-0.4, -0.2) is 42.3 Å². The van der Waals surface area contributed by atoms with Crippen LogP contribution in [0.15, 0.2) is 5.16 Å². The van der Waals surface area contributed by atoms with Crippen LogP contribution < -0.4 is 5.73 Å². The second-order valence-electron chi connectivity index (χ2n) is 5.81. The fraction of sp³-hybridized carbons (Fsp3) is 0.846. The first-order valence-corrected chi connectivity index (χ1v) is 7.00. The molecular formula is C13H21N3O2. The molecule has 100 valence electrons. The number of carbonyl (C=O) groups is 1. The number of nitrogens with zero attached hydrogens (tertiary/aromatic N) is 2. The van der Waals surface area contributed by atoms with E-state index in [2.05, 4.69) is 10.1 Å². The fourth-order valence-corrected chi connectivity index (χ4v) is 3.53. The Labute approximate surface area is 107 Å². The minimum atomic E-state index is -0.429. The van der Waals surface area contributed by atoms with Crippen LogP contribution in [0.3, 0.4) is 0 Å². The van der Waals surface area contributed by atoms with Crippen molar-refractivity contribution >= 4 is 11.6 Å². The first-order valence-electron chi connectivity index (χ1n) is 7.00. The molecule has 1 amide bonds. The Balaban J connectivity index is 1.55. The lowest BCUT2D eigenvalue weighted by molar-refractivity contribution is -0.112. The highest BCUT2D eigenvalue weighted by Gasteiger charge is 2.44. The maximum absolute atomic E-state index is 11.2. The third-order valence-corrected chi connectivity index (χ3v) is 4.47. The Bertz CT molecular complexity index is 363. The maximum Gasteiger partial charge on any atom is 0.266 e. The van der Waals surface area contributed by atoms with Crippen molar-refractivity contribution in [3.05, 3.63) is 0 Å². The normalized spacial score (nSPS) is 33.0. The van der Waals surface area contributed by atoms with Gasteiger partial charge in [0.05, 0.1) is 5.92 Å². The van der Waals surface area contributed by atoms with E-state index < -0.39 is 5.91 Å². The summed E-state index contributed by atoms with van der Waals surface area (Å²) in [5, 5.41) is 3.82.